The number of carbonyl (C=O) groups is 1. The van der Waals surface area contributed by atoms with Crippen LogP contribution in [0.25, 0.3) is 0 Å². The molecule has 0 unspecified atom stereocenters. The van der Waals surface area contributed by atoms with Crippen molar-refractivity contribution in [2.45, 2.75) is 6.92 Å². The second kappa shape index (κ2) is 4.38. The van der Waals surface area contributed by atoms with Gasteiger partial charge in [-0.1, -0.05) is 0 Å². The summed E-state index contributed by atoms with van der Waals surface area (Å²) in [4.78, 5) is 12.2. The summed E-state index contributed by atoms with van der Waals surface area (Å²) in [6.07, 6.45) is 0. The third-order valence-electron chi connectivity index (χ3n) is 1.66. The van der Waals surface area contributed by atoms with E-state index in [0.29, 0.717) is 18.2 Å². The Bertz CT molecular complexity index is 310. The first-order chi connectivity index (χ1) is 6.69. The van der Waals surface area contributed by atoms with Gasteiger partial charge in [-0.05, 0) is 19.1 Å². The van der Waals surface area contributed by atoms with Gasteiger partial charge in [0.25, 0.3) is 0 Å². The summed E-state index contributed by atoms with van der Waals surface area (Å²) in [5.41, 5.74) is 7.46. The number of aromatic nitrogens is 2. The van der Waals surface area contributed by atoms with Gasteiger partial charge in [-0.15, -0.1) is 10.2 Å². The van der Waals surface area contributed by atoms with Crippen LogP contribution < -0.4 is 21.9 Å². The van der Waals surface area contributed by atoms with Crippen LogP contribution >= 0.6 is 0 Å². The van der Waals surface area contributed by atoms with Gasteiger partial charge in [0.15, 0.2) is 11.6 Å². The van der Waals surface area contributed by atoms with Crippen molar-refractivity contribution in [3.63, 3.8) is 0 Å². The topological polar surface area (TPSA) is 110 Å². The molecule has 0 saturated heterocycles. The highest BCUT2D eigenvalue weighted by atomic mass is 16.2. The van der Waals surface area contributed by atoms with Crippen molar-refractivity contribution in [1.82, 2.24) is 10.2 Å². The van der Waals surface area contributed by atoms with E-state index in [9.17, 15) is 4.79 Å². The Kier molecular flexibility index (Phi) is 3.19. The summed E-state index contributed by atoms with van der Waals surface area (Å²) in [5, 5.41) is 7.49. The standard InChI is InChI=1S/C7H12N6O/c1-2-13(7(8)14)6-4-3-5(10-9)11-12-6/h3-4H,2,9H2,1H3,(H2,8,14)(H,10,11). The second-order valence-corrected chi connectivity index (χ2v) is 2.50. The minimum absolute atomic E-state index is 0.402. The number of carbonyl (C=O) groups excluding carboxylic acids is 1. The van der Waals surface area contributed by atoms with E-state index in [2.05, 4.69) is 15.6 Å². The molecule has 14 heavy (non-hydrogen) atoms. The van der Waals surface area contributed by atoms with Gasteiger partial charge in [0, 0.05) is 6.54 Å². The number of primary amides is 1. The molecule has 7 heteroatoms. The fraction of sp³-hybridized carbons (Fsp3) is 0.286. The smallest absolute Gasteiger partial charge is 0.320 e. The minimum atomic E-state index is -0.560. The van der Waals surface area contributed by atoms with E-state index in [0.717, 1.165) is 0 Å². The van der Waals surface area contributed by atoms with Crippen LogP contribution in [0.3, 0.4) is 0 Å². The van der Waals surface area contributed by atoms with Gasteiger partial charge in [-0.3, -0.25) is 4.90 Å². The molecule has 7 nitrogen and oxygen atoms in total. The number of nitrogens with one attached hydrogen (secondary N) is 1. The van der Waals surface area contributed by atoms with Gasteiger partial charge in [-0.25, -0.2) is 10.6 Å². The summed E-state index contributed by atoms with van der Waals surface area (Å²) in [7, 11) is 0. The number of hydrogen-bond donors (Lipinski definition) is 3. The Morgan fingerprint density at radius 1 is 1.57 bits per heavy atom. The van der Waals surface area contributed by atoms with Crippen LogP contribution in [0, 0.1) is 0 Å². The van der Waals surface area contributed by atoms with Crippen molar-refractivity contribution in [2.24, 2.45) is 11.6 Å². The highest BCUT2D eigenvalue weighted by molar-refractivity contribution is 5.89. The lowest BCUT2D eigenvalue weighted by Gasteiger charge is -2.15. The third-order valence-corrected chi connectivity index (χ3v) is 1.66. The molecule has 1 aromatic heterocycles. The molecule has 0 aliphatic heterocycles. The molecule has 0 aliphatic rings. The minimum Gasteiger partial charge on any atom is -0.351 e. The van der Waals surface area contributed by atoms with Crippen LogP contribution in [0.4, 0.5) is 16.4 Å². The van der Waals surface area contributed by atoms with Crippen molar-refractivity contribution in [3.8, 4) is 0 Å². The predicted octanol–water partition coefficient (Wildman–Crippen LogP) is -0.333. The quantitative estimate of drug-likeness (QED) is 0.452. The lowest BCUT2D eigenvalue weighted by Crippen LogP contribution is -2.36. The van der Waals surface area contributed by atoms with Crippen molar-refractivity contribution in [3.05, 3.63) is 12.1 Å². The zero-order valence-corrected chi connectivity index (χ0v) is 7.77. The van der Waals surface area contributed by atoms with E-state index in [4.69, 9.17) is 11.6 Å². The van der Waals surface area contributed by atoms with Crippen LogP contribution in [0.2, 0.25) is 0 Å². The Labute approximate surface area is 81.1 Å². The second-order valence-electron chi connectivity index (χ2n) is 2.50. The van der Waals surface area contributed by atoms with Gasteiger partial charge in [0.2, 0.25) is 0 Å². The fourth-order valence-corrected chi connectivity index (χ4v) is 0.977. The molecule has 0 radical (unpaired) electrons. The number of hydrogen-bond acceptors (Lipinski definition) is 5. The van der Waals surface area contributed by atoms with Crippen LogP contribution in [0.1, 0.15) is 6.92 Å². The first-order valence-electron chi connectivity index (χ1n) is 4.06. The fourth-order valence-electron chi connectivity index (χ4n) is 0.977. The maximum Gasteiger partial charge on any atom is 0.320 e. The third kappa shape index (κ3) is 2.07. The maximum absolute atomic E-state index is 10.9. The van der Waals surface area contributed by atoms with Gasteiger partial charge in [0.1, 0.15) is 0 Å². The number of urea groups is 1. The van der Waals surface area contributed by atoms with Crippen LogP contribution in [0.5, 0.6) is 0 Å². The highest BCUT2D eigenvalue weighted by Gasteiger charge is 2.11. The number of hydrazine groups is 1. The van der Waals surface area contributed by atoms with Crippen LogP contribution in [-0.2, 0) is 0 Å². The van der Waals surface area contributed by atoms with Gasteiger partial charge >= 0.3 is 6.03 Å². The zero-order chi connectivity index (χ0) is 10.6. The molecule has 0 saturated carbocycles. The lowest BCUT2D eigenvalue weighted by molar-refractivity contribution is 0.254. The van der Waals surface area contributed by atoms with Crippen molar-refractivity contribution in [1.29, 1.82) is 0 Å². The average molecular weight is 196 g/mol. The normalized spacial score (nSPS) is 9.57. The molecule has 0 fully saturated rings. The Morgan fingerprint density at radius 2 is 2.29 bits per heavy atom. The lowest BCUT2D eigenvalue weighted by atomic mass is 10.4. The first-order valence-corrected chi connectivity index (χ1v) is 4.06. The molecule has 5 N–H and O–H groups in total. The number of nitrogens with two attached hydrogens (primary N) is 2. The maximum atomic E-state index is 10.9. The number of rotatable bonds is 3. The summed E-state index contributed by atoms with van der Waals surface area (Å²) in [6, 6.07) is 2.65. The molecule has 0 aliphatic carbocycles. The molecule has 1 rings (SSSR count). The Morgan fingerprint density at radius 3 is 2.64 bits per heavy atom. The van der Waals surface area contributed by atoms with Gasteiger partial charge in [-0.2, -0.15) is 0 Å². The summed E-state index contributed by atoms with van der Waals surface area (Å²) >= 11 is 0. The largest absolute Gasteiger partial charge is 0.351 e. The van der Waals surface area contributed by atoms with E-state index in [1.807, 2.05) is 0 Å². The average Bonchev–Trinajstić information content (AvgIpc) is 2.19. The number of nitrogen functional groups attached to an aromatic ring is 1. The number of nitrogens with zero attached hydrogens (tertiary/aromatic N) is 3. The molecule has 0 spiro atoms. The monoisotopic (exact) mass is 196 g/mol. The van der Waals surface area contributed by atoms with Gasteiger partial charge in [0.05, 0.1) is 0 Å². The van der Waals surface area contributed by atoms with Crippen LogP contribution in [-0.4, -0.2) is 22.8 Å². The molecular weight excluding hydrogens is 184 g/mol. The summed E-state index contributed by atoms with van der Waals surface area (Å²) in [5.74, 6) is 5.94. The summed E-state index contributed by atoms with van der Waals surface area (Å²) in [6.45, 7) is 2.24. The van der Waals surface area contributed by atoms with E-state index < -0.39 is 6.03 Å². The molecule has 1 aromatic rings. The molecule has 0 atom stereocenters. The molecule has 2 amide bonds. The first kappa shape index (κ1) is 10.2. The molecule has 76 valence electrons. The van der Waals surface area contributed by atoms with E-state index in [1.165, 1.54) is 4.90 Å². The number of anilines is 2. The van der Waals surface area contributed by atoms with Gasteiger partial charge < -0.3 is 11.2 Å². The Balaban J connectivity index is 2.89. The molecule has 0 aromatic carbocycles. The van der Waals surface area contributed by atoms with Crippen molar-refractivity contribution in [2.75, 3.05) is 16.9 Å². The van der Waals surface area contributed by atoms with Crippen molar-refractivity contribution >= 4 is 17.7 Å². The van der Waals surface area contributed by atoms with Crippen LogP contribution in [0.15, 0.2) is 12.1 Å². The van der Waals surface area contributed by atoms with Crippen molar-refractivity contribution < 1.29 is 4.79 Å². The summed E-state index contributed by atoms with van der Waals surface area (Å²) < 4.78 is 0. The zero-order valence-electron chi connectivity index (χ0n) is 7.77. The number of amides is 2. The predicted molar refractivity (Wildman–Crippen MR) is 52.4 cm³/mol. The molecular formula is C7H12N6O. The van der Waals surface area contributed by atoms with E-state index >= 15 is 0 Å². The van der Waals surface area contributed by atoms with E-state index in [-0.39, 0.29) is 0 Å². The Hall–Kier alpha value is -1.89. The molecule has 1 heterocycles. The highest BCUT2D eigenvalue weighted by Crippen LogP contribution is 2.10. The van der Waals surface area contributed by atoms with E-state index in [1.54, 1.807) is 19.1 Å². The molecule has 0 bridgehead atoms. The SMILES string of the molecule is CCN(C(N)=O)c1ccc(NN)nn1.